The Morgan fingerprint density at radius 3 is 2.72 bits per heavy atom. The van der Waals surface area contributed by atoms with Gasteiger partial charge < -0.3 is 10.4 Å². The lowest BCUT2D eigenvalue weighted by atomic mass is 9.75. The molecular weight excluding hydrogens is 409 g/mol. The van der Waals surface area contributed by atoms with Gasteiger partial charge in [0.1, 0.15) is 17.1 Å². The topological polar surface area (TPSA) is 83.3 Å². The standard InChI is InChI=1S/C24H32FN5O2/c25-19-6-4-17(5-7-19)13-26-23(31)21-15-29-11-8-18(21)12-20(29)14-30-16-22(27-28-30)24(32)9-2-1-3-10-24/h4-7,16,18,20-21,32H,1-3,8-15H2,(H,26,31)/t18?,20-,21+/m1/s1. The summed E-state index contributed by atoms with van der Waals surface area (Å²) >= 11 is 0. The number of aromatic nitrogens is 3. The molecule has 6 rings (SSSR count). The highest BCUT2D eigenvalue weighted by atomic mass is 19.1. The highest BCUT2D eigenvalue weighted by Gasteiger charge is 2.43. The molecule has 0 spiro atoms. The second-order valence-electron chi connectivity index (χ2n) is 9.80. The summed E-state index contributed by atoms with van der Waals surface area (Å²) in [5, 5.41) is 22.6. The molecule has 1 aromatic heterocycles. The van der Waals surface area contributed by atoms with Gasteiger partial charge >= 0.3 is 0 Å². The third-order valence-electron chi connectivity index (χ3n) is 7.69. The molecule has 4 heterocycles. The third-order valence-corrected chi connectivity index (χ3v) is 7.69. The summed E-state index contributed by atoms with van der Waals surface area (Å²) in [5.41, 5.74) is 0.780. The minimum Gasteiger partial charge on any atom is -0.383 e. The van der Waals surface area contributed by atoms with Crippen molar-refractivity contribution >= 4 is 5.91 Å². The number of nitrogens with one attached hydrogen (secondary N) is 1. The molecule has 2 bridgehead atoms. The summed E-state index contributed by atoms with van der Waals surface area (Å²) in [6, 6.07) is 6.59. The van der Waals surface area contributed by atoms with E-state index in [2.05, 4.69) is 20.5 Å². The molecule has 7 nitrogen and oxygen atoms in total. The predicted molar refractivity (Wildman–Crippen MR) is 117 cm³/mol. The van der Waals surface area contributed by atoms with Crippen molar-refractivity contribution in [1.29, 1.82) is 0 Å². The van der Waals surface area contributed by atoms with Crippen LogP contribution in [0, 0.1) is 17.7 Å². The Labute approximate surface area is 188 Å². The Kier molecular flexibility index (Phi) is 5.99. The first-order chi connectivity index (χ1) is 15.5. The maximum absolute atomic E-state index is 13.1. The molecular formula is C24H32FN5O2. The van der Waals surface area contributed by atoms with Gasteiger partial charge in [0.2, 0.25) is 5.91 Å². The molecule has 2 N–H and O–H groups in total. The number of amides is 1. The maximum atomic E-state index is 13.1. The van der Waals surface area contributed by atoms with Gasteiger partial charge in [0.05, 0.1) is 18.7 Å². The van der Waals surface area contributed by atoms with Gasteiger partial charge in [0.25, 0.3) is 0 Å². The van der Waals surface area contributed by atoms with Crippen LogP contribution >= 0.6 is 0 Å². The van der Waals surface area contributed by atoms with Gasteiger partial charge in [-0.25, -0.2) is 4.39 Å². The summed E-state index contributed by atoms with van der Waals surface area (Å²) in [6.45, 7) is 2.93. The van der Waals surface area contributed by atoms with Crippen molar-refractivity contribution in [2.75, 3.05) is 13.1 Å². The van der Waals surface area contributed by atoms with Gasteiger partial charge in [-0.1, -0.05) is 36.6 Å². The van der Waals surface area contributed by atoms with Crippen molar-refractivity contribution in [2.45, 2.75) is 69.7 Å². The summed E-state index contributed by atoms with van der Waals surface area (Å²) in [6.07, 6.45) is 8.69. The van der Waals surface area contributed by atoms with Crippen LogP contribution in [0.2, 0.25) is 0 Å². The summed E-state index contributed by atoms with van der Waals surface area (Å²) < 4.78 is 14.9. The number of nitrogens with zero attached hydrogens (tertiary/aromatic N) is 4. The van der Waals surface area contributed by atoms with Crippen LogP contribution in [-0.2, 0) is 23.5 Å². The van der Waals surface area contributed by atoms with E-state index >= 15 is 0 Å². The first-order valence-corrected chi connectivity index (χ1v) is 11.9. The van der Waals surface area contributed by atoms with Crippen LogP contribution < -0.4 is 5.32 Å². The van der Waals surface area contributed by atoms with E-state index in [-0.39, 0.29) is 17.6 Å². The number of fused-ring (bicyclic) bond motifs is 3. The predicted octanol–water partition coefficient (Wildman–Crippen LogP) is 2.60. The molecule has 2 aromatic rings. The molecule has 3 aliphatic heterocycles. The molecule has 4 atom stereocenters. The number of rotatable bonds is 6. The first kappa shape index (κ1) is 21.5. The Bertz CT molecular complexity index is 940. The van der Waals surface area contributed by atoms with Crippen molar-refractivity contribution in [3.05, 3.63) is 47.5 Å². The zero-order valence-electron chi connectivity index (χ0n) is 18.4. The second-order valence-corrected chi connectivity index (χ2v) is 9.80. The van der Waals surface area contributed by atoms with Crippen LogP contribution in [0.1, 0.15) is 56.2 Å². The third kappa shape index (κ3) is 4.43. The molecule has 4 fully saturated rings. The van der Waals surface area contributed by atoms with Crippen LogP contribution in [0.15, 0.2) is 30.5 Å². The molecule has 3 saturated heterocycles. The zero-order chi connectivity index (χ0) is 22.1. The summed E-state index contributed by atoms with van der Waals surface area (Å²) in [7, 11) is 0. The van der Waals surface area contributed by atoms with Gasteiger partial charge in [-0.05, 0) is 55.8 Å². The number of aliphatic hydroxyl groups is 1. The molecule has 8 heteroatoms. The van der Waals surface area contributed by atoms with Crippen LogP contribution in [0.3, 0.4) is 0 Å². The van der Waals surface area contributed by atoms with Gasteiger partial charge in [0, 0.05) is 19.1 Å². The van der Waals surface area contributed by atoms with E-state index in [0.717, 1.165) is 63.7 Å². The van der Waals surface area contributed by atoms with Gasteiger partial charge in [0.15, 0.2) is 0 Å². The molecule has 1 amide bonds. The first-order valence-electron chi connectivity index (χ1n) is 11.9. The Morgan fingerprint density at radius 2 is 2.00 bits per heavy atom. The number of piperidine rings is 3. The number of hydrogen-bond donors (Lipinski definition) is 2. The van der Waals surface area contributed by atoms with E-state index in [1.165, 1.54) is 18.6 Å². The number of carbonyl (C=O) groups excluding carboxylic acids is 1. The lowest BCUT2D eigenvalue weighted by Gasteiger charge is -2.49. The fraction of sp³-hybridized carbons (Fsp3) is 0.625. The quantitative estimate of drug-likeness (QED) is 0.720. The maximum Gasteiger partial charge on any atom is 0.224 e. The molecule has 1 saturated carbocycles. The van der Waals surface area contributed by atoms with Crippen molar-refractivity contribution < 1.29 is 14.3 Å². The fourth-order valence-corrected chi connectivity index (χ4v) is 5.76. The molecule has 1 aromatic carbocycles. The number of hydrogen-bond acceptors (Lipinski definition) is 5. The number of carbonyl (C=O) groups is 1. The smallest absolute Gasteiger partial charge is 0.224 e. The average molecular weight is 442 g/mol. The Hall–Kier alpha value is -2.32. The van der Waals surface area contributed by atoms with Crippen molar-refractivity contribution in [3.8, 4) is 0 Å². The van der Waals surface area contributed by atoms with E-state index in [9.17, 15) is 14.3 Å². The summed E-state index contributed by atoms with van der Waals surface area (Å²) in [5.74, 6) is 0.180. The van der Waals surface area contributed by atoms with Gasteiger partial charge in [-0.3, -0.25) is 14.4 Å². The van der Waals surface area contributed by atoms with Crippen LogP contribution in [-0.4, -0.2) is 50.0 Å². The number of halogens is 1. The zero-order valence-corrected chi connectivity index (χ0v) is 18.4. The fourth-order valence-electron chi connectivity index (χ4n) is 5.76. The van der Waals surface area contributed by atoms with E-state index in [1.54, 1.807) is 12.1 Å². The normalized spacial score (nSPS) is 29.1. The van der Waals surface area contributed by atoms with E-state index in [1.807, 2.05) is 10.9 Å². The minimum absolute atomic E-state index is 0.00490. The van der Waals surface area contributed by atoms with Crippen molar-refractivity contribution in [3.63, 3.8) is 0 Å². The lowest BCUT2D eigenvalue weighted by molar-refractivity contribution is -0.133. The molecule has 1 aliphatic carbocycles. The summed E-state index contributed by atoms with van der Waals surface area (Å²) in [4.78, 5) is 15.2. The molecule has 32 heavy (non-hydrogen) atoms. The SMILES string of the molecule is O=C(NCc1ccc(F)cc1)[C@H]1CN2CCC1C[C@@H]2Cn1cc(C2(O)CCCCC2)nn1. The van der Waals surface area contributed by atoms with Crippen LogP contribution in [0.5, 0.6) is 0 Å². The average Bonchev–Trinajstić information content (AvgIpc) is 3.29. The molecule has 0 radical (unpaired) electrons. The molecule has 172 valence electrons. The largest absolute Gasteiger partial charge is 0.383 e. The highest BCUT2D eigenvalue weighted by molar-refractivity contribution is 5.79. The monoisotopic (exact) mass is 441 g/mol. The Balaban J connectivity index is 1.16. The van der Waals surface area contributed by atoms with Crippen molar-refractivity contribution in [1.82, 2.24) is 25.2 Å². The van der Waals surface area contributed by atoms with E-state index in [0.29, 0.717) is 24.2 Å². The number of benzene rings is 1. The second kappa shape index (κ2) is 8.90. The van der Waals surface area contributed by atoms with E-state index < -0.39 is 5.60 Å². The Morgan fingerprint density at radius 1 is 1.22 bits per heavy atom. The van der Waals surface area contributed by atoms with Crippen molar-refractivity contribution in [2.24, 2.45) is 11.8 Å². The van der Waals surface area contributed by atoms with Gasteiger partial charge in [-0.2, -0.15) is 0 Å². The molecule has 4 aliphatic rings. The van der Waals surface area contributed by atoms with Crippen LogP contribution in [0.25, 0.3) is 0 Å². The van der Waals surface area contributed by atoms with E-state index in [4.69, 9.17) is 0 Å². The lowest BCUT2D eigenvalue weighted by Crippen LogP contribution is -2.58. The minimum atomic E-state index is -0.823. The van der Waals surface area contributed by atoms with Crippen LogP contribution in [0.4, 0.5) is 4.39 Å². The molecule has 2 unspecified atom stereocenters. The van der Waals surface area contributed by atoms with Gasteiger partial charge in [-0.15, -0.1) is 5.10 Å². The highest BCUT2D eigenvalue weighted by Crippen LogP contribution is 2.38.